The molecule has 1 atom stereocenters. The molecule has 3 aromatic carbocycles. The van der Waals surface area contributed by atoms with E-state index >= 15 is 0 Å². The predicted molar refractivity (Wildman–Crippen MR) is 144 cm³/mol. The SMILES string of the molecule is Cc1ccc(C(=O)c2c(C)n(Cc3ccc(/C=C/CO[C@H](C)C(=O)O)cc3)c3ccc(C)cc23)cc1. The van der Waals surface area contributed by atoms with Gasteiger partial charge in [0, 0.05) is 28.7 Å². The van der Waals surface area contributed by atoms with Crippen LogP contribution in [0.1, 0.15) is 50.8 Å². The molecule has 4 rings (SSSR count). The van der Waals surface area contributed by atoms with Crippen LogP contribution in [-0.4, -0.2) is 34.1 Å². The minimum Gasteiger partial charge on any atom is -0.479 e. The third-order valence-corrected chi connectivity index (χ3v) is 6.44. The number of ether oxygens (including phenoxy) is 1. The van der Waals surface area contributed by atoms with E-state index in [4.69, 9.17) is 9.84 Å². The average molecular weight is 482 g/mol. The molecule has 1 heterocycles. The number of carbonyl (C=O) groups is 2. The maximum Gasteiger partial charge on any atom is 0.332 e. The van der Waals surface area contributed by atoms with Gasteiger partial charge in [-0.2, -0.15) is 0 Å². The van der Waals surface area contributed by atoms with Crippen LogP contribution in [0.25, 0.3) is 17.0 Å². The van der Waals surface area contributed by atoms with E-state index in [2.05, 4.69) is 34.9 Å². The number of rotatable bonds is 9. The highest BCUT2D eigenvalue weighted by Crippen LogP contribution is 2.30. The van der Waals surface area contributed by atoms with Crippen molar-refractivity contribution < 1.29 is 19.4 Å². The molecule has 0 fully saturated rings. The number of carbonyl (C=O) groups excluding carboxylic acids is 1. The van der Waals surface area contributed by atoms with E-state index in [9.17, 15) is 9.59 Å². The Kier molecular flexibility index (Phi) is 7.51. The van der Waals surface area contributed by atoms with Crippen LogP contribution in [0.2, 0.25) is 0 Å². The Morgan fingerprint density at radius 2 is 1.61 bits per heavy atom. The summed E-state index contributed by atoms with van der Waals surface area (Å²) in [6.45, 7) is 8.48. The number of fused-ring (bicyclic) bond motifs is 1. The van der Waals surface area contributed by atoms with E-state index in [1.807, 2.05) is 69.3 Å². The number of aryl methyl sites for hydroxylation is 2. The van der Waals surface area contributed by atoms with Crippen LogP contribution in [-0.2, 0) is 16.1 Å². The summed E-state index contributed by atoms with van der Waals surface area (Å²) in [5, 5.41) is 9.86. The molecule has 0 radical (unpaired) electrons. The Labute approximate surface area is 211 Å². The van der Waals surface area contributed by atoms with Gasteiger partial charge in [0.15, 0.2) is 11.9 Å². The molecule has 184 valence electrons. The number of benzene rings is 3. The van der Waals surface area contributed by atoms with Crippen LogP contribution in [0.15, 0.2) is 72.8 Å². The second-order valence-electron chi connectivity index (χ2n) is 9.22. The summed E-state index contributed by atoms with van der Waals surface area (Å²) in [5.41, 5.74) is 7.83. The Bertz CT molecular complexity index is 1430. The Hall–Kier alpha value is -3.96. The number of ketones is 1. The molecule has 4 aromatic rings. The van der Waals surface area contributed by atoms with E-state index in [0.29, 0.717) is 12.1 Å². The van der Waals surface area contributed by atoms with E-state index in [1.165, 1.54) is 6.92 Å². The molecule has 0 amide bonds. The van der Waals surface area contributed by atoms with Crippen LogP contribution in [0, 0.1) is 20.8 Å². The summed E-state index contributed by atoms with van der Waals surface area (Å²) in [7, 11) is 0. The van der Waals surface area contributed by atoms with Gasteiger partial charge in [-0.1, -0.05) is 77.9 Å². The lowest BCUT2D eigenvalue weighted by Gasteiger charge is -2.10. The van der Waals surface area contributed by atoms with Crippen molar-refractivity contribution in [2.75, 3.05) is 6.61 Å². The standard InChI is InChI=1S/C31H31NO4/c1-20-7-14-26(15-8-20)30(33)29-22(3)32(28-16-9-21(2)18-27(28)29)19-25-12-10-24(11-13-25)6-5-17-36-23(4)31(34)35/h5-16,18,23H,17,19H2,1-4H3,(H,34,35)/b6-5+/t23-/m1/s1. The smallest absolute Gasteiger partial charge is 0.332 e. The molecule has 1 aromatic heterocycles. The van der Waals surface area contributed by atoms with Crippen LogP contribution in [0.4, 0.5) is 0 Å². The zero-order chi connectivity index (χ0) is 25.8. The van der Waals surface area contributed by atoms with Gasteiger partial charge in [0.1, 0.15) is 0 Å². The first-order valence-corrected chi connectivity index (χ1v) is 12.1. The summed E-state index contributed by atoms with van der Waals surface area (Å²) in [4.78, 5) is 24.4. The number of carboxylic acids is 1. The van der Waals surface area contributed by atoms with E-state index in [-0.39, 0.29) is 12.4 Å². The Morgan fingerprint density at radius 1 is 0.944 bits per heavy atom. The van der Waals surface area contributed by atoms with Crippen LogP contribution >= 0.6 is 0 Å². The van der Waals surface area contributed by atoms with Gasteiger partial charge in [0.25, 0.3) is 0 Å². The first kappa shape index (κ1) is 25.1. The third kappa shape index (κ3) is 5.47. The van der Waals surface area contributed by atoms with Crippen molar-refractivity contribution in [1.82, 2.24) is 4.57 Å². The second kappa shape index (κ2) is 10.8. The minimum absolute atomic E-state index is 0.0433. The molecule has 0 saturated heterocycles. The summed E-state index contributed by atoms with van der Waals surface area (Å²) in [6, 6.07) is 22.2. The number of aromatic nitrogens is 1. The number of hydrogen-bond donors (Lipinski definition) is 1. The molecule has 36 heavy (non-hydrogen) atoms. The quantitative estimate of drug-likeness (QED) is 0.283. The zero-order valence-corrected chi connectivity index (χ0v) is 21.1. The lowest BCUT2D eigenvalue weighted by molar-refractivity contribution is -0.148. The maximum absolute atomic E-state index is 13.6. The van der Waals surface area contributed by atoms with Gasteiger partial charge in [-0.25, -0.2) is 4.79 Å². The van der Waals surface area contributed by atoms with Gasteiger partial charge >= 0.3 is 5.97 Å². The first-order chi connectivity index (χ1) is 17.2. The van der Waals surface area contributed by atoms with Crippen molar-refractivity contribution in [3.8, 4) is 0 Å². The third-order valence-electron chi connectivity index (χ3n) is 6.44. The molecule has 0 bridgehead atoms. The fraction of sp³-hybridized carbons (Fsp3) is 0.226. The summed E-state index contributed by atoms with van der Waals surface area (Å²) >= 11 is 0. The second-order valence-corrected chi connectivity index (χ2v) is 9.22. The fourth-order valence-electron chi connectivity index (χ4n) is 4.31. The van der Waals surface area contributed by atoms with Crippen molar-refractivity contribution in [2.24, 2.45) is 0 Å². The predicted octanol–water partition coefficient (Wildman–Crippen LogP) is 6.35. The lowest BCUT2D eigenvalue weighted by atomic mass is 9.99. The van der Waals surface area contributed by atoms with Crippen molar-refractivity contribution in [3.63, 3.8) is 0 Å². The highest BCUT2D eigenvalue weighted by atomic mass is 16.5. The molecule has 5 heteroatoms. The topological polar surface area (TPSA) is 68.5 Å². The zero-order valence-electron chi connectivity index (χ0n) is 21.1. The molecule has 0 unspecified atom stereocenters. The summed E-state index contributed by atoms with van der Waals surface area (Å²) in [5.74, 6) is -0.929. The number of nitrogens with zero attached hydrogens (tertiary/aromatic N) is 1. The average Bonchev–Trinajstić information content (AvgIpc) is 3.12. The fourth-order valence-corrected chi connectivity index (χ4v) is 4.31. The number of hydrogen-bond acceptors (Lipinski definition) is 3. The van der Waals surface area contributed by atoms with Gasteiger partial charge in [0.2, 0.25) is 0 Å². The van der Waals surface area contributed by atoms with Gasteiger partial charge in [-0.3, -0.25) is 4.79 Å². The van der Waals surface area contributed by atoms with E-state index in [1.54, 1.807) is 0 Å². The molecule has 0 saturated carbocycles. The molecular formula is C31H31NO4. The van der Waals surface area contributed by atoms with Crippen molar-refractivity contribution in [3.05, 3.63) is 112 Å². The molecule has 0 aliphatic carbocycles. The normalized spacial score (nSPS) is 12.3. The first-order valence-electron chi connectivity index (χ1n) is 12.1. The van der Waals surface area contributed by atoms with E-state index < -0.39 is 12.1 Å². The number of aliphatic carboxylic acids is 1. The maximum atomic E-state index is 13.6. The lowest BCUT2D eigenvalue weighted by Crippen LogP contribution is -2.19. The molecule has 0 aliphatic rings. The Balaban J connectivity index is 1.59. The molecule has 0 spiro atoms. The highest BCUT2D eigenvalue weighted by Gasteiger charge is 2.21. The molecular weight excluding hydrogens is 450 g/mol. The number of carboxylic acid groups (broad SMARTS) is 1. The van der Waals surface area contributed by atoms with Crippen LogP contribution in [0.3, 0.4) is 0 Å². The highest BCUT2D eigenvalue weighted by molar-refractivity contribution is 6.17. The van der Waals surface area contributed by atoms with Crippen molar-refractivity contribution in [2.45, 2.75) is 40.3 Å². The minimum atomic E-state index is -0.973. The molecule has 5 nitrogen and oxygen atoms in total. The largest absolute Gasteiger partial charge is 0.479 e. The van der Waals surface area contributed by atoms with Gasteiger partial charge < -0.3 is 14.4 Å². The van der Waals surface area contributed by atoms with Gasteiger partial charge in [0.05, 0.1) is 12.2 Å². The Morgan fingerprint density at radius 3 is 2.28 bits per heavy atom. The molecule has 1 N–H and O–H groups in total. The van der Waals surface area contributed by atoms with Crippen molar-refractivity contribution in [1.29, 1.82) is 0 Å². The summed E-state index contributed by atoms with van der Waals surface area (Å²) in [6.07, 6.45) is 2.89. The van der Waals surface area contributed by atoms with Gasteiger partial charge in [-0.05, 0) is 51.0 Å². The molecule has 0 aliphatic heterocycles. The monoisotopic (exact) mass is 481 g/mol. The van der Waals surface area contributed by atoms with E-state index in [0.717, 1.165) is 44.4 Å². The van der Waals surface area contributed by atoms with Gasteiger partial charge in [-0.15, -0.1) is 0 Å². The van der Waals surface area contributed by atoms with Crippen LogP contribution in [0.5, 0.6) is 0 Å². The summed E-state index contributed by atoms with van der Waals surface area (Å²) < 4.78 is 7.44. The van der Waals surface area contributed by atoms with Crippen molar-refractivity contribution >= 4 is 28.7 Å². The van der Waals surface area contributed by atoms with Crippen LogP contribution < -0.4 is 0 Å².